The van der Waals surface area contributed by atoms with Crippen LogP contribution in [0.1, 0.15) is 69.4 Å². The van der Waals surface area contributed by atoms with Gasteiger partial charge in [0.15, 0.2) is 0 Å². The first kappa shape index (κ1) is 12.6. The maximum atomic E-state index is 10.6. The topological polar surface area (TPSA) is 20.2 Å². The SMILES string of the molecule is CCCC(O)(CC)c1ccc(C2CCC2)cc1. The Kier molecular flexibility index (Phi) is 3.88. The van der Waals surface area contributed by atoms with Crippen molar-refractivity contribution in [3.05, 3.63) is 35.4 Å². The van der Waals surface area contributed by atoms with Gasteiger partial charge in [-0.25, -0.2) is 0 Å². The van der Waals surface area contributed by atoms with E-state index in [0.29, 0.717) is 0 Å². The maximum Gasteiger partial charge on any atom is 0.0893 e. The van der Waals surface area contributed by atoms with Gasteiger partial charge in [0.1, 0.15) is 0 Å². The van der Waals surface area contributed by atoms with E-state index in [1.54, 1.807) is 0 Å². The van der Waals surface area contributed by atoms with Crippen LogP contribution in [0, 0.1) is 0 Å². The third-order valence-corrected chi connectivity index (χ3v) is 4.27. The van der Waals surface area contributed by atoms with Crippen LogP contribution in [0.5, 0.6) is 0 Å². The molecule has 1 N–H and O–H groups in total. The molecule has 94 valence electrons. The van der Waals surface area contributed by atoms with Gasteiger partial charge in [-0.2, -0.15) is 0 Å². The minimum absolute atomic E-state index is 0.618. The minimum Gasteiger partial charge on any atom is -0.385 e. The van der Waals surface area contributed by atoms with Crippen LogP contribution in [-0.4, -0.2) is 5.11 Å². The molecule has 0 bridgehead atoms. The van der Waals surface area contributed by atoms with Gasteiger partial charge in [0.25, 0.3) is 0 Å². The maximum absolute atomic E-state index is 10.6. The normalized spacial score (nSPS) is 19.7. The van der Waals surface area contributed by atoms with Crippen LogP contribution in [0.2, 0.25) is 0 Å². The summed E-state index contributed by atoms with van der Waals surface area (Å²) in [7, 11) is 0. The third kappa shape index (κ3) is 2.55. The highest BCUT2D eigenvalue weighted by atomic mass is 16.3. The van der Waals surface area contributed by atoms with E-state index in [9.17, 15) is 5.11 Å². The van der Waals surface area contributed by atoms with Crippen molar-refractivity contribution in [1.82, 2.24) is 0 Å². The van der Waals surface area contributed by atoms with Crippen LogP contribution in [-0.2, 0) is 5.60 Å². The molecule has 1 aromatic carbocycles. The lowest BCUT2D eigenvalue weighted by molar-refractivity contribution is 0.0226. The van der Waals surface area contributed by atoms with Crippen LogP contribution in [0.4, 0.5) is 0 Å². The van der Waals surface area contributed by atoms with Crippen molar-refractivity contribution in [2.75, 3.05) is 0 Å². The first-order valence-electron chi connectivity index (χ1n) is 7.02. The minimum atomic E-state index is -0.618. The molecule has 2 rings (SSSR count). The van der Waals surface area contributed by atoms with Crippen LogP contribution in [0.15, 0.2) is 24.3 Å². The van der Waals surface area contributed by atoms with Gasteiger partial charge in [-0.3, -0.25) is 0 Å². The molecule has 0 saturated heterocycles. The van der Waals surface area contributed by atoms with Crippen LogP contribution < -0.4 is 0 Å². The van der Waals surface area contributed by atoms with Gasteiger partial charge in [-0.15, -0.1) is 0 Å². The molecule has 0 aromatic heterocycles. The summed E-state index contributed by atoms with van der Waals surface area (Å²) in [6.07, 6.45) is 6.73. The van der Waals surface area contributed by atoms with E-state index in [2.05, 4.69) is 38.1 Å². The van der Waals surface area contributed by atoms with E-state index in [-0.39, 0.29) is 0 Å². The summed E-state index contributed by atoms with van der Waals surface area (Å²) in [6.45, 7) is 4.19. The van der Waals surface area contributed by atoms with Crippen molar-refractivity contribution in [3.63, 3.8) is 0 Å². The van der Waals surface area contributed by atoms with Crippen LogP contribution in [0.25, 0.3) is 0 Å². The Labute approximate surface area is 105 Å². The first-order valence-corrected chi connectivity index (χ1v) is 7.02. The zero-order valence-electron chi connectivity index (χ0n) is 11.1. The van der Waals surface area contributed by atoms with Gasteiger partial charge in [-0.05, 0) is 42.7 Å². The zero-order valence-corrected chi connectivity index (χ0v) is 11.1. The molecule has 1 aliphatic carbocycles. The lowest BCUT2D eigenvalue weighted by atomic mass is 9.79. The molecule has 0 radical (unpaired) electrons. The van der Waals surface area contributed by atoms with E-state index in [1.165, 1.54) is 24.8 Å². The van der Waals surface area contributed by atoms with Crippen molar-refractivity contribution in [3.8, 4) is 0 Å². The van der Waals surface area contributed by atoms with Crippen molar-refractivity contribution in [2.24, 2.45) is 0 Å². The number of hydrogen-bond acceptors (Lipinski definition) is 1. The summed E-state index contributed by atoms with van der Waals surface area (Å²) in [6, 6.07) is 8.70. The summed E-state index contributed by atoms with van der Waals surface area (Å²) in [5.74, 6) is 0.782. The van der Waals surface area contributed by atoms with Crippen molar-refractivity contribution < 1.29 is 5.11 Å². The standard InChI is InChI=1S/C16H24O/c1-3-12-16(17,4-2)15-10-8-14(9-11-15)13-6-5-7-13/h8-11,13,17H,3-7,12H2,1-2H3. The molecule has 1 aliphatic rings. The van der Waals surface area contributed by atoms with Gasteiger partial charge < -0.3 is 5.11 Å². The Bertz CT molecular complexity index is 350. The van der Waals surface area contributed by atoms with Crippen molar-refractivity contribution >= 4 is 0 Å². The Balaban J connectivity index is 2.15. The van der Waals surface area contributed by atoms with Crippen molar-refractivity contribution in [1.29, 1.82) is 0 Å². The van der Waals surface area contributed by atoms with Gasteiger partial charge in [0.2, 0.25) is 0 Å². The first-order chi connectivity index (χ1) is 8.19. The highest BCUT2D eigenvalue weighted by Gasteiger charge is 2.26. The van der Waals surface area contributed by atoms with Crippen LogP contribution >= 0.6 is 0 Å². The fourth-order valence-electron chi connectivity index (χ4n) is 2.75. The molecule has 1 atom stereocenters. The number of rotatable bonds is 5. The van der Waals surface area contributed by atoms with Crippen LogP contribution in [0.3, 0.4) is 0 Å². The van der Waals surface area contributed by atoms with E-state index >= 15 is 0 Å². The third-order valence-electron chi connectivity index (χ3n) is 4.27. The van der Waals surface area contributed by atoms with Gasteiger partial charge >= 0.3 is 0 Å². The largest absolute Gasteiger partial charge is 0.385 e. The predicted octanol–water partition coefficient (Wildman–Crippen LogP) is 4.35. The summed E-state index contributed by atoms with van der Waals surface area (Å²) >= 11 is 0. The smallest absolute Gasteiger partial charge is 0.0893 e. The van der Waals surface area contributed by atoms with E-state index in [1.807, 2.05) is 0 Å². The number of benzene rings is 1. The van der Waals surface area contributed by atoms with E-state index < -0.39 is 5.60 Å². The number of aliphatic hydroxyl groups is 1. The average Bonchev–Trinajstić information content (AvgIpc) is 2.28. The molecule has 1 fully saturated rings. The average molecular weight is 232 g/mol. The van der Waals surface area contributed by atoms with Gasteiger partial charge in [0.05, 0.1) is 5.60 Å². The molecule has 1 nitrogen and oxygen atoms in total. The molecule has 0 spiro atoms. The Morgan fingerprint density at radius 1 is 1.18 bits per heavy atom. The lowest BCUT2D eigenvalue weighted by Crippen LogP contribution is -2.24. The second-order valence-electron chi connectivity index (χ2n) is 5.38. The molecule has 17 heavy (non-hydrogen) atoms. The number of hydrogen-bond donors (Lipinski definition) is 1. The zero-order chi connectivity index (χ0) is 12.3. The summed E-state index contributed by atoms with van der Waals surface area (Å²) in [5, 5.41) is 10.6. The molecular formula is C16H24O. The summed E-state index contributed by atoms with van der Waals surface area (Å²) < 4.78 is 0. The summed E-state index contributed by atoms with van der Waals surface area (Å²) in [5.41, 5.74) is 1.92. The second-order valence-corrected chi connectivity index (χ2v) is 5.38. The molecule has 0 heterocycles. The summed E-state index contributed by atoms with van der Waals surface area (Å²) in [4.78, 5) is 0. The highest BCUT2D eigenvalue weighted by molar-refractivity contribution is 5.30. The molecule has 0 amide bonds. The molecule has 1 unspecified atom stereocenters. The van der Waals surface area contributed by atoms with E-state index in [4.69, 9.17) is 0 Å². The van der Waals surface area contributed by atoms with E-state index in [0.717, 1.165) is 30.7 Å². The Morgan fingerprint density at radius 2 is 1.82 bits per heavy atom. The Morgan fingerprint density at radius 3 is 2.24 bits per heavy atom. The Hall–Kier alpha value is -0.820. The predicted molar refractivity (Wildman–Crippen MR) is 72.1 cm³/mol. The molecule has 0 aliphatic heterocycles. The monoisotopic (exact) mass is 232 g/mol. The van der Waals surface area contributed by atoms with Gasteiger partial charge in [0, 0.05) is 0 Å². The molecule has 1 heteroatoms. The highest BCUT2D eigenvalue weighted by Crippen LogP contribution is 2.37. The second kappa shape index (κ2) is 5.22. The molecule has 1 aromatic rings. The molecular weight excluding hydrogens is 208 g/mol. The quantitative estimate of drug-likeness (QED) is 0.800. The van der Waals surface area contributed by atoms with Crippen molar-refractivity contribution in [2.45, 2.75) is 63.9 Å². The van der Waals surface area contributed by atoms with Gasteiger partial charge in [-0.1, -0.05) is 51.0 Å². The molecule has 1 saturated carbocycles. The fourth-order valence-corrected chi connectivity index (χ4v) is 2.75. The fraction of sp³-hybridized carbons (Fsp3) is 0.625. The lowest BCUT2D eigenvalue weighted by Gasteiger charge is -2.29.